The molecule has 0 bridgehead atoms. The second kappa shape index (κ2) is 5.35. The van der Waals surface area contributed by atoms with Crippen molar-refractivity contribution in [3.8, 4) is 0 Å². The minimum absolute atomic E-state index is 0.220. The molecule has 1 saturated heterocycles. The summed E-state index contributed by atoms with van der Waals surface area (Å²) in [6.07, 6.45) is 2.01. The molecule has 1 rings (SSSR count). The summed E-state index contributed by atoms with van der Waals surface area (Å²) in [7, 11) is 0. The van der Waals surface area contributed by atoms with Crippen molar-refractivity contribution in [2.45, 2.75) is 39.2 Å². The van der Waals surface area contributed by atoms with Crippen LogP contribution in [0, 0.1) is 5.92 Å². The van der Waals surface area contributed by atoms with E-state index < -0.39 is 0 Å². The number of nitrogens with one attached hydrogen (secondary N) is 2. The van der Waals surface area contributed by atoms with Gasteiger partial charge in [0, 0.05) is 18.0 Å². The first-order valence-corrected chi connectivity index (χ1v) is 5.63. The Bertz CT molecular complexity index is 205. The predicted octanol–water partition coefficient (Wildman–Crippen LogP) is 1.51. The van der Waals surface area contributed by atoms with Gasteiger partial charge in [-0.05, 0) is 40.2 Å². The van der Waals surface area contributed by atoms with Gasteiger partial charge in [-0.1, -0.05) is 0 Å². The number of carbonyl (C=O) groups is 1. The lowest BCUT2D eigenvalue weighted by Gasteiger charge is -2.24. The van der Waals surface area contributed by atoms with E-state index in [-0.39, 0.29) is 11.6 Å². The van der Waals surface area contributed by atoms with Crippen LogP contribution in [0.1, 0.15) is 33.6 Å². The Kier molecular flexibility index (Phi) is 4.39. The highest BCUT2D eigenvalue weighted by Gasteiger charge is 2.18. The molecule has 4 heteroatoms. The van der Waals surface area contributed by atoms with E-state index in [1.54, 1.807) is 0 Å². The van der Waals surface area contributed by atoms with Crippen LogP contribution >= 0.6 is 0 Å². The lowest BCUT2D eigenvalue weighted by atomic mass is 10.0. The average molecular weight is 214 g/mol. The summed E-state index contributed by atoms with van der Waals surface area (Å²) in [6, 6.07) is 0. The molecule has 15 heavy (non-hydrogen) atoms. The molecule has 1 aliphatic heterocycles. The standard InChI is InChI=1S/C11H22N2O2/c1-11(2,3)13-10(14)15-8-9-5-4-6-12-7-9/h9,12H,4-8H2,1-3H3,(H,13,14)/t9-/m0/s1. The molecule has 1 fully saturated rings. The Hall–Kier alpha value is -0.770. The maximum Gasteiger partial charge on any atom is 0.407 e. The van der Waals surface area contributed by atoms with Gasteiger partial charge < -0.3 is 15.4 Å². The van der Waals surface area contributed by atoms with Crippen LogP contribution in [0.25, 0.3) is 0 Å². The normalized spacial score (nSPS) is 22.2. The molecule has 2 N–H and O–H groups in total. The topological polar surface area (TPSA) is 50.4 Å². The quantitative estimate of drug-likeness (QED) is 0.732. The first-order chi connectivity index (χ1) is 6.97. The van der Waals surface area contributed by atoms with Crippen molar-refractivity contribution < 1.29 is 9.53 Å². The van der Waals surface area contributed by atoms with Crippen molar-refractivity contribution in [2.75, 3.05) is 19.7 Å². The number of ether oxygens (including phenoxy) is 1. The zero-order valence-corrected chi connectivity index (χ0v) is 9.93. The molecule has 0 aromatic rings. The van der Waals surface area contributed by atoms with Gasteiger partial charge in [0.2, 0.25) is 0 Å². The molecule has 0 aliphatic carbocycles. The number of alkyl carbamates (subject to hydrolysis) is 1. The van der Waals surface area contributed by atoms with Crippen LogP contribution in [0.15, 0.2) is 0 Å². The summed E-state index contributed by atoms with van der Waals surface area (Å²) < 4.78 is 5.17. The predicted molar refractivity (Wildman–Crippen MR) is 59.8 cm³/mol. The SMILES string of the molecule is CC(C)(C)NC(=O)OC[C@H]1CCCNC1. The summed E-state index contributed by atoms with van der Waals surface area (Å²) in [5.74, 6) is 0.476. The van der Waals surface area contributed by atoms with Crippen LogP contribution in [0.4, 0.5) is 4.79 Å². The highest BCUT2D eigenvalue weighted by molar-refractivity contribution is 5.68. The summed E-state index contributed by atoms with van der Waals surface area (Å²) >= 11 is 0. The van der Waals surface area contributed by atoms with Crippen LogP contribution in [0.3, 0.4) is 0 Å². The summed E-state index contributed by atoms with van der Waals surface area (Å²) in [5.41, 5.74) is -0.220. The molecule has 88 valence electrons. The number of hydrogen-bond acceptors (Lipinski definition) is 3. The Balaban J connectivity index is 2.15. The van der Waals surface area contributed by atoms with E-state index in [1.165, 1.54) is 6.42 Å². The Morgan fingerprint density at radius 2 is 2.27 bits per heavy atom. The molecule has 0 aromatic heterocycles. The molecular formula is C11H22N2O2. The third-order valence-electron chi connectivity index (χ3n) is 2.33. The Morgan fingerprint density at radius 1 is 1.53 bits per heavy atom. The van der Waals surface area contributed by atoms with E-state index in [0.29, 0.717) is 12.5 Å². The summed E-state index contributed by atoms with van der Waals surface area (Å²) in [5, 5.41) is 6.07. The van der Waals surface area contributed by atoms with Gasteiger partial charge in [0.1, 0.15) is 0 Å². The fourth-order valence-corrected chi connectivity index (χ4v) is 1.60. The molecule has 0 spiro atoms. The largest absolute Gasteiger partial charge is 0.449 e. The molecule has 0 saturated carbocycles. The van der Waals surface area contributed by atoms with Gasteiger partial charge in [-0.2, -0.15) is 0 Å². The van der Waals surface area contributed by atoms with E-state index >= 15 is 0 Å². The van der Waals surface area contributed by atoms with Gasteiger partial charge in [-0.25, -0.2) is 4.79 Å². The molecule has 4 nitrogen and oxygen atoms in total. The van der Waals surface area contributed by atoms with Crippen molar-refractivity contribution >= 4 is 6.09 Å². The number of carbonyl (C=O) groups excluding carboxylic acids is 1. The number of rotatable bonds is 2. The molecule has 0 aromatic carbocycles. The molecule has 1 heterocycles. The fraction of sp³-hybridized carbons (Fsp3) is 0.909. The van der Waals surface area contributed by atoms with Gasteiger partial charge in [0.15, 0.2) is 0 Å². The second-order valence-electron chi connectivity index (χ2n) is 5.19. The molecule has 0 unspecified atom stereocenters. The third kappa shape index (κ3) is 5.62. The van der Waals surface area contributed by atoms with E-state index in [2.05, 4.69) is 10.6 Å². The second-order valence-corrected chi connectivity index (χ2v) is 5.19. The first kappa shape index (κ1) is 12.3. The van der Waals surface area contributed by atoms with Crippen molar-refractivity contribution in [3.05, 3.63) is 0 Å². The highest BCUT2D eigenvalue weighted by Crippen LogP contribution is 2.10. The highest BCUT2D eigenvalue weighted by atomic mass is 16.5. The van der Waals surface area contributed by atoms with Crippen LogP contribution in [0.5, 0.6) is 0 Å². The monoisotopic (exact) mass is 214 g/mol. The number of hydrogen-bond donors (Lipinski definition) is 2. The van der Waals surface area contributed by atoms with E-state index in [0.717, 1.165) is 19.5 Å². The average Bonchev–Trinajstić information content (AvgIpc) is 2.14. The molecule has 1 aliphatic rings. The van der Waals surface area contributed by atoms with Gasteiger partial charge in [-0.15, -0.1) is 0 Å². The van der Waals surface area contributed by atoms with Gasteiger partial charge in [0.05, 0.1) is 6.61 Å². The smallest absolute Gasteiger partial charge is 0.407 e. The molecular weight excluding hydrogens is 192 g/mol. The Morgan fingerprint density at radius 3 is 2.80 bits per heavy atom. The van der Waals surface area contributed by atoms with Crippen LogP contribution in [-0.4, -0.2) is 31.3 Å². The van der Waals surface area contributed by atoms with Gasteiger partial charge in [-0.3, -0.25) is 0 Å². The van der Waals surface area contributed by atoms with Crippen LogP contribution < -0.4 is 10.6 Å². The lowest BCUT2D eigenvalue weighted by Crippen LogP contribution is -2.42. The summed E-state index contributed by atoms with van der Waals surface area (Å²) in [4.78, 5) is 11.3. The number of piperidine rings is 1. The summed E-state index contributed by atoms with van der Waals surface area (Å²) in [6.45, 7) is 8.39. The minimum Gasteiger partial charge on any atom is -0.449 e. The first-order valence-electron chi connectivity index (χ1n) is 5.63. The maximum atomic E-state index is 11.3. The molecule has 1 amide bonds. The van der Waals surface area contributed by atoms with Crippen LogP contribution in [-0.2, 0) is 4.74 Å². The maximum absolute atomic E-state index is 11.3. The molecule has 0 radical (unpaired) electrons. The lowest BCUT2D eigenvalue weighted by molar-refractivity contribution is 0.112. The fourth-order valence-electron chi connectivity index (χ4n) is 1.60. The van der Waals surface area contributed by atoms with E-state index in [1.807, 2.05) is 20.8 Å². The van der Waals surface area contributed by atoms with E-state index in [4.69, 9.17) is 4.74 Å². The molecule has 1 atom stereocenters. The number of amides is 1. The Labute approximate surface area is 91.8 Å². The zero-order chi connectivity index (χ0) is 11.3. The van der Waals surface area contributed by atoms with Crippen molar-refractivity contribution in [1.82, 2.24) is 10.6 Å². The van der Waals surface area contributed by atoms with Gasteiger partial charge >= 0.3 is 6.09 Å². The van der Waals surface area contributed by atoms with Crippen molar-refractivity contribution in [1.29, 1.82) is 0 Å². The van der Waals surface area contributed by atoms with Crippen molar-refractivity contribution in [2.24, 2.45) is 5.92 Å². The van der Waals surface area contributed by atoms with Crippen molar-refractivity contribution in [3.63, 3.8) is 0 Å². The minimum atomic E-state index is -0.312. The third-order valence-corrected chi connectivity index (χ3v) is 2.33. The van der Waals surface area contributed by atoms with Crippen LogP contribution in [0.2, 0.25) is 0 Å². The van der Waals surface area contributed by atoms with E-state index in [9.17, 15) is 4.79 Å². The van der Waals surface area contributed by atoms with Gasteiger partial charge in [0.25, 0.3) is 0 Å². The zero-order valence-electron chi connectivity index (χ0n) is 9.93.